The summed E-state index contributed by atoms with van der Waals surface area (Å²) < 4.78 is 52.2. The third-order valence-electron chi connectivity index (χ3n) is 4.66. The molecule has 0 saturated heterocycles. The van der Waals surface area contributed by atoms with Crippen molar-refractivity contribution >= 4 is 21.1 Å². The first-order valence-electron chi connectivity index (χ1n) is 8.44. The van der Waals surface area contributed by atoms with Crippen molar-refractivity contribution in [1.29, 1.82) is 0 Å². The Balaban J connectivity index is 1.81. The number of rotatable bonds is 5. The summed E-state index contributed by atoms with van der Waals surface area (Å²) in [7, 11) is -3.69. The Morgan fingerprint density at radius 3 is 2.63 bits per heavy atom. The van der Waals surface area contributed by atoms with Crippen LogP contribution in [0.5, 0.6) is 0 Å². The lowest BCUT2D eigenvalue weighted by atomic mass is 10.2. The first-order valence-corrected chi connectivity index (χ1v) is 10.1. The largest absolute Gasteiger partial charge is 0.321 e. The van der Waals surface area contributed by atoms with Gasteiger partial charge in [-0.25, -0.2) is 27.3 Å². The zero-order valence-electron chi connectivity index (χ0n) is 14.4. The lowest BCUT2D eigenvalue weighted by molar-refractivity contribution is 0.510. The molecule has 0 radical (unpaired) electrons. The summed E-state index contributed by atoms with van der Waals surface area (Å²) in [5.74, 6) is -1.35. The van der Waals surface area contributed by atoms with Crippen LogP contribution in [0.3, 0.4) is 0 Å². The average Bonchev–Trinajstić information content (AvgIpc) is 3.37. The molecule has 0 spiro atoms. The van der Waals surface area contributed by atoms with Crippen molar-refractivity contribution in [2.24, 2.45) is 5.14 Å². The zero-order valence-corrected chi connectivity index (χ0v) is 15.2. The molecule has 1 saturated carbocycles. The van der Waals surface area contributed by atoms with Gasteiger partial charge in [-0.2, -0.15) is 10.2 Å². The predicted molar refractivity (Wildman–Crippen MR) is 95.2 cm³/mol. The van der Waals surface area contributed by atoms with Crippen molar-refractivity contribution in [3.63, 3.8) is 0 Å². The summed E-state index contributed by atoms with van der Waals surface area (Å²) >= 11 is 0. The van der Waals surface area contributed by atoms with E-state index in [0.29, 0.717) is 28.1 Å². The number of nitrogens with two attached hydrogens (primary N) is 1. The highest BCUT2D eigenvalue weighted by Gasteiger charge is 2.29. The number of fused-ring (bicyclic) bond motifs is 1. The fourth-order valence-corrected chi connectivity index (χ4v) is 3.44. The molecule has 1 aliphatic rings. The van der Waals surface area contributed by atoms with E-state index in [1.807, 2.05) is 4.57 Å². The highest BCUT2D eigenvalue weighted by molar-refractivity contribution is 7.89. The first kappa shape index (κ1) is 17.9. The number of halogens is 2. The van der Waals surface area contributed by atoms with Gasteiger partial charge < -0.3 is 4.57 Å². The van der Waals surface area contributed by atoms with Crippen LogP contribution >= 0.6 is 0 Å². The normalized spacial score (nSPS) is 16.0. The number of sulfonamides is 1. The van der Waals surface area contributed by atoms with E-state index in [9.17, 15) is 17.2 Å². The monoisotopic (exact) mass is 393 g/mol. The molecule has 1 fully saturated rings. The number of imidazole rings is 1. The number of hydrogen-bond donors (Lipinski definition) is 1. The molecule has 142 valence electrons. The Morgan fingerprint density at radius 1 is 1.26 bits per heavy atom. The lowest BCUT2D eigenvalue weighted by Gasteiger charge is -2.10. The number of benzene rings is 1. The summed E-state index contributed by atoms with van der Waals surface area (Å²) in [5.41, 5.74) is 1.92. The molecule has 27 heavy (non-hydrogen) atoms. The quantitative estimate of drug-likeness (QED) is 0.716. The number of hydrogen-bond acceptors (Lipinski definition) is 5. The zero-order chi connectivity index (χ0) is 19.3. The summed E-state index contributed by atoms with van der Waals surface area (Å²) in [5, 5.41) is 12.3. The van der Waals surface area contributed by atoms with Gasteiger partial charge in [0.15, 0.2) is 11.6 Å². The van der Waals surface area contributed by atoms with Gasteiger partial charge in [0.1, 0.15) is 5.82 Å². The van der Waals surface area contributed by atoms with E-state index >= 15 is 0 Å². The molecule has 10 heteroatoms. The van der Waals surface area contributed by atoms with E-state index < -0.39 is 26.9 Å². The maximum absolute atomic E-state index is 13.7. The van der Waals surface area contributed by atoms with Crippen LogP contribution in [0, 0.1) is 11.6 Å². The number of nitrogens with zero attached hydrogens (tertiary/aromatic N) is 4. The van der Waals surface area contributed by atoms with Crippen molar-refractivity contribution in [3.8, 4) is 11.4 Å². The standard InChI is InChI=1S/C17H17F2N5O2S/c1-9(27(20,25)26)4-11-5-10(8-21-23-11)17-22-15-6-13(18)14(19)7-16(15)24(17)12-2-3-12/h5-9,12H,2-4H2,1H3,(H2,20,25,26). The third-order valence-corrected chi connectivity index (χ3v) is 5.95. The van der Waals surface area contributed by atoms with Crippen molar-refractivity contribution in [2.45, 2.75) is 37.5 Å². The van der Waals surface area contributed by atoms with Crippen LogP contribution in [0.1, 0.15) is 31.5 Å². The highest BCUT2D eigenvalue weighted by Crippen LogP contribution is 2.41. The molecular formula is C17H17F2N5O2S. The molecule has 1 unspecified atom stereocenters. The molecule has 2 aromatic heterocycles. The summed E-state index contributed by atoms with van der Waals surface area (Å²) in [6, 6.07) is 4.07. The SMILES string of the molecule is CC(Cc1cc(-c2nc3cc(F)c(F)cc3n2C2CC2)cnn1)S(N)(=O)=O. The Labute approximate surface area is 154 Å². The van der Waals surface area contributed by atoms with Crippen LogP contribution in [-0.4, -0.2) is 33.4 Å². The Bertz CT molecular complexity index is 1140. The Morgan fingerprint density at radius 2 is 1.96 bits per heavy atom. The average molecular weight is 393 g/mol. The molecule has 0 amide bonds. The van der Waals surface area contributed by atoms with Crippen molar-refractivity contribution in [3.05, 3.63) is 41.7 Å². The minimum atomic E-state index is -3.69. The van der Waals surface area contributed by atoms with E-state index in [0.717, 1.165) is 25.0 Å². The van der Waals surface area contributed by atoms with Gasteiger partial charge in [-0.1, -0.05) is 0 Å². The molecule has 2 heterocycles. The second-order valence-electron chi connectivity index (χ2n) is 6.83. The van der Waals surface area contributed by atoms with Crippen LogP contribution < -0.4 is 5.14 Å². The lowest BCUT2D eigenvalue weighted by Crippen LogP contribution is -2.28. The Kier molecular flexibility index (Phi) is 4.19. The van der Waals surface area contributed by atoms with Gasteiger partial charge in [0.05, 0.1) is 28.2 Å². The topological polar surface area (TPSA) is 104 Å². The fraction of sp³-hybridized carbons (Fsp3) is 0.353. The van der Waals surface area contributed by atoms with Gasteiger partial charge in [0, 0.05) is 30.2 Å². The van der Waals surface area contributed by atoms with Crippen LogP contribution in [0.25, 0.3) is 22.4 Å². The molecule has 7 nitrogen and oxygen atoms in total. The second-order valence-corrected chi connectivity index (χ2v) is 8.81. The minimum Gasteiger partial charge on any atom is -0.321 e. The Hall–Kier alpha value is -2.46. The van der Waals surface area contributed by atoms with Crippen LogP contribution in [-0.2, 0) is 16.4 Å². The molecule has 2 N–H and O–H groups in total. The summed E-state index contributed by atoms with van der Waals surface area (Å²) in [4.78, 5) is 4.46. The molecular weight excluding hydrogens is 376 g/mol. The van der Waals surface area contributed by atoms with Gasteiger partial charge in [0.2, 0.25) is 10.0 Å². The van der Waals surface area contributed by atoms with Crippen molar-refractivity contribution in [1.82, 2.24) is 19.7 Å². The molecule has 1 aliphatic carbocycles. The fourth-order valence-electron chi connectivity index (χ4n) is 3.04. The third kappa shape index (κ3) is 3.42. The maximum Gasteiger partial charge on any atom is 0.212 e. The van der Waals surface area contributed by atoms with E-state index in [1.165, 1.54) is 13.1 Å². The van der Waals surface area contributed by atoms with Crippen LogP contribution in [0.15, 0.2) is 24.4 Å². The van der Waals surface area contributed by atoms with E-state index in [2.05, 4.69) is 15.2 Å². The molecule has 3 aromatic rings. The molecule has 0 aliphatic heterocycles. The number of primary sulfonamides is 1. The minimum absolute atomic E-state index is 0.104. The van der Waals surface area contributed by atoms with Gasteiger partial charge in [-0.3, -0.25) is 0 Å². The van der Waals surface area contributed by atoms with Gasteiger partial charge in [-0.05, 0) is 25.8 Å². The number of aromatic nitrogens is 4. The summed E-state index contributed by atoms with van der Waals surface area (Å²) in [6.07, 6.45) is 3.45. The molecule has 4 rings (SSSR count). The smallest absolute Gasteiger partial charge is 0.212 e. The predicted octanol–water partition coefficient (Wildman–Crippen LogP) is 2.33. The van der Waals surface area contributed by atoms with Crippen LogP contribution in [0.2, 0.25) is 0 Å². The summed E-state index contributed by atoms with van der Waals surface area (Å²) in [6.45, 7) is 1.49. The van der Waals surface area contributed by atoms with Gasteiger partial charge in [-0.15, -0.1) is 0 Å². The molecule has 0 bridgehead atoms. The second kappa shape index (κ2) is 6.31. The van der Waals surface area contributed by atoms with Crippen molar-refractivity contribution < 1.29 is 17.2 Å². The van der Waals surface area contributed by atoms with Gasteiger partial charge in [0.25, 0.3) is 0 Å². The van der Waals surface area contributed by atoms with E-state index in [4.69, 9.17) is 5.14 Å². The molecule has 1 aromatic carbocycles. The molecule has 1 atom stereocenters. The van der Waals surface area contributed by atoms with Crippen LogP contribution in [0.4, 0.5) is 8.78 Å². The van der Waals surface area contributed by atoms with E-state index in [-0.39, 0.29) is 12.5 Å². The maximum atomic E-state index is 13.7. The highest BCUT2D eigenvalue weighted by atomic mass is 32.2. The first-order chi connectivity index (χ1) is 12.7. The van der Waals surface area contributed by atoms with Gasteiger partial charge >= 0.3 is 0 Å². The van der Waals surface area contributed by atoms with Crippen molar-refractivity contribution in [2.75, 3.05) is 0 Å². The van der Waals surface area contributed by atoms with E-state index in [1.54, 1.807) is 6.07 Å².